The van der Waals surface area contributed by atoms with E-state index in [1.807, 2.05) is 55.5 Å². The van der Waals surface area contributed by atoms with Crippen LogP contribution in [0.25, 0.3) is 0 Å². The normalized spacial score (nSPS) is 10.0. The Morgan fingerprint density at radius 1 is 1.17 bits per heavy atom. The van der Waals surface area contributed by atoms with E-state index in [4.69, 9.17) is 17.0 Å². The van der Waals surface area contributed by atoms with Crippen LogP contribution in [-0.4, -0.2) is 18.1 Å². The number of nitrogens with one attached hydrogen (secondary N) is 2. The molecule has 0 atom stereocenters. The molecule has 120 valence electrons. The minimum absolute atomic E-state index is 0.113. The molecular formula is C18H20N2O2S. The van der Waals surface area contributed by atoms with Crippen molar-refractivity contribution in [2.45, 2.75) is 19.8 Å². The highest BCUT2D eigenvalue weighted by Crippen LogP contribution is 2.24. The first-order chi connectivity index (χ1) is 11.1. The molecule has 0 radical (unpaired) electrons. The molecule has 0 saturated heterocycles. The topological polar surface area (TPSA) is 50.4 Å². The van der Waals surface area contributed by atoms with Crippen LogP contribution in [0.15, 0.2) is 48.5 Å². The molecule has 0 aliphatic carbocycles. The zero-order chi connectivity index (χ0) is 16.7. The molecule has 4 nitrogen and oxygen atoms in total. The van der Waals surface area contributed by atoms with Crippen molar-refractivity contribution in [2.75, 3.05) is 12.4 Å². The van der Waals surface area contributed by atoms with Gasteiger partial charge >= 0.3 is 0 Å². The summed E-state index contributed by atoms with van der Waals surface area (Å²) in [6, 6.07) is 15.6. The quantitative estimate of drug-likeness (QED) is 0.826. The van der Waals surface area contributed by atoms with Crippen LogP contribution in [0.4, 0.5) is 5.69 Å². The van der Waals surface area contributed by atoms with Crippen LogP contribution in [0.5, 0.6) is 5.75 Å². The number of ether oxygens (including phenoxy) is 1. The maximum absolute atomic E-state index is 12.0. The van der Waals surface area contributed by atoms with Crippen LogP contribution in [0, 0.1) is 6.92 Å². The molecule has 1 amide bonds. The van der Waals surface area contributed by atoms with Crippen LogP contribution in [0.2, 0.25) is 0 Å². The molecule has 0 aliphatic rings. The number of hydrogen-bond donors (Lipinski definition) is 2. The number of carbonyl (C=O) groups is 1. The first-order valence-corrected chi connectivity index (χ1v) is 7.78. The number of benzene rings is 2. The third-order valence-corrected chi connectivity index (χ3v) is 3.54. The summed E-state index contributed by atoms with van der Waals surface area (Å²) in [5, 5.41) is 5.97. The van der Waals surface area contributed by atoms with Gasteiger partial charge in [0.15, 0.2) is 5.11 Å². The molecule has 0 heterocycles. The van der Waals surface area contributed by atoms with E-state index in [2.05, 4.69) is 10.6 Å². The van der Waals surface area contributed by atoms with Crippen molar-refractivity contribution in [3.05, 3.63) is 59.7 Å². The lowest BCUT2D eigenvalue weighted by molar-refractivity contribution is -0.119. The summed E-state index contributed by atoms with van der Waals surface area (Å²) in [7, 11) is 1.59. The van der Waals surface area contributed by atoms with Crippen molar-refractivity contribution in [1.29, 1.82) is 0 Å². The molecule has 2 N–H and O–H groups in total. The number of hydrogen-bond acceptors (Lipinski definition) is 3. The second kappa shape index (κ2) is 8.29. The highest BCUT2D eigenvalue weighted by Gasteiger charge is 2.08. The lowest BCUT2D eigenvalue weighted by atomic mass is 10.1. The second-order valence-electron chi connectivity index (χ2n) is 5.19. The highest BCUT2D eigenvalue weighted by molar-refractivity contribution is 7.80. The van der Waals surface area contributed by atoms with E-state index in [0.29, 0.717) is 18.6 Å². The molecule has 23 heavy (non-hydrogen) atoms. The van der Waals surface area contributed by atoms with Crippen LogP contribution in [0.1, 0.15) is 17.5 Å². The Hall–Kier alpha value is -2.40. The summed E-state index contributed by atoms with van der Waals surface area (Å²) in [5.74, 6) is 0.564. The molecule has 0 unspecified atom stereocenters. The van der Waals surface area contributed by atoms with Crippen molar-refractivity contribution in [1.82, 2.24) is 5.32 Å². The molecular weight excluding hydrogens is 308 g/mol. The van der Waals surface area contributed by atoms with E-state index in [1.54, 1.807) is 7.11 Å². The van der Waals surface area contributed by atoms with Crippen molar-refractivity contribution < 1.29 is 9.53 Å². The molecule has 0 saturated carbocycles. The van der Waals surface area contributed by atoms with Crippen LogP contribution in [-0.2, 0) is 11.2 Å². The molecule has 0 bridgehead atoms. The lowest BCUT2D eigenvalue weighted by Gasteiger charge is -2.13. The Morgan fingerprint density at radius 2 is 1.91 bits per heavy atom. The van der Waals surface area contributed by atoms with Gasteiger partial charge in [-0.25, -0.2) is 0 Å². The van der Waals surface area contributed by atoms with Crippen molar-refractivity contribution in [3.8, 4) is 5.75 Å². The first-order valence-electron chi connectivity index (χ1n) is 7.38. The second-order valence-corrected chi connectivity index (χ2v) is 5.60. The SMILES string of the molecule is COc1ccc(C)cc1NC(=S)NC(=O)CCc1ccccc1. The maximum Gasteiger partial charge on any atom is 0.226 e. The monoisotopic (exact) mass is 328 g/mol. The minimum Gasteiger partial charge on any atom is -0.495 e. The molecule has 0 spiro atoms. The van der Waals surface area contributed by atoms with Gasteiger partial charge in [-0.05, 0) is 48.8 Å². The summed E-state index contributed by atoms with van der Waals surface area (Å²) in [4.78, 5) is 12.0. The Bertz CT molecular complexity index is 687. The zero-order valence-electron chi connectivity index (χ0n) is 13.3. The third-order valence-electron chi connectivity index (χ3n) is 3.34. The van der Waals surface area contributed by atoms with E-state index in [-0.39, 0.29) is 11.0 Å². The van der Waals surface area contributed by atoms with Gasteiger partial charge in [0, 0.05) is 6.42 Å². The van der Waals surface area contributed by atoms with Gasteiger partial charge in [-0.1, -0.05) is 36.4 Å². The maximum atomic E-state index is 12.0. The molecule has 2 aromatic rings. The molecule has 2 aromatic carbocycles. The molecule has 0 fully saturated rings. The largest absolute Gasteiger partial charge is 0.495 e. The van der Waals surface area contributed by atoms with Gasteiger partial charge in [0.25, 0.3) is 0 Å². The average Bonchev–Trinajstić information content (AvgIpc) is 2.54. The van der Waals surface area contributed by atoms with E-state index < -0.39 is 0 Å². The van der Waals surface area contributed by atoms with E-state index in [9.17, 15) is 4.79 Å². The molecule has 2 rings (SSSR count). The number of thiocarbonyl (C=S) groups is 1. The van der Waals surface area contributed by atoms with Gasteiger partial charge in [0.2, 0.25) is 5.91 Å². The fraction of sp³-hybridized carbons (Fsp3) is 0.222. The predicted molar refractivity (Wildman–Crippen MR) is 96.9 cm³/mol. The average molecular weight is 328 g/mol. The first kappa shape index (κ1) is 17.0. The summed E-state index contributed by atoms with van der Waals surface area (Å²) in [6.07, 6.45) is 1.07. The summed E-state index contributed by atoms with van der Waals surface area (Å²) in [6.45, 7) is 1.98. The zero-order valence-corrected chi connectivity index (χ0v) is 14.1. The Kier molecular flexibility index (Phi) is 6.11. The van der Waals surface area contributed by atoms with Crippen LogP contribution >= 0.6 is 12.2 Å². The Morgan fingerprint density at radius 3 is 2.61 bits per heavy atom. The Labute approximate surface area is 141 Å². The van der Waals surface area contributed by atoms with E-state index in [1.165, 1.54) is 0 Å². The number of anilines is 1. The van der Waals surface area contributed by atoms with Gasteiger partial charge in [-0.2, -0.15) is 0 Å². The third kappa shape index (κ3) is 5.38. The van der Waals surface area contributed by atoms with Gasteiger partial charge in [0.05, 0.1) is 12.8 Å². The number of rotatable bonds is 5. The van der Waals surface area contributed by atoms with Crippen LogP contribution in [0.3, 0.4) is 0 Å². The summed E-state index contributed by atoms with van der Waals surface area (Å²) in [5.41, 5.74) is 2.94. The van der Waals surface area contributed by atoms with Crippen molar-refractivity contribution in [3.63, 3.8) is 0 Å². The minimum atomic E-state index is -0.113. The van der Waals surface area contributed by atoms with Gasteiger partial charge < -0.3 is 15.4 Å². The lowest BCUT2D eigenvalue weighted by Crippen LogP contribution is -2.34. The highest BCUT2D eigenvalue weighted by atomic mass is 32.1. The van der Waals surface area contributed by atoms with Crippen LogP contribution < -0.4 is 15.4 Å². The number of carbonyl (C=O) groups excluding carboxylic acids is 1. The Balaban J connectivity index is 1.87. The molecule has 5 heteroatoms. The standard InChI is InChI=1S/C18H20N2O2S/c1-13-8-10-16(22-2)15(12-13)19-18(23)20-17(21)11-9-14-6-4-3-5-7-14/h3-8,10,12H,9,11H2,1-2H3,(H2,19,20,21,23). The molecule has 0 aromatic heterocycles. The van der Waals surface area contributed by atoms with E-state index in [0.717, 1.165) is 16.8 Å². The van der Waals surface area contributed by atoms with Gasteiger partial charge in [0.1, 0.15) is 5.75 Å². The summed E-state index contributed by atoms with van der Waals surface area (Å²) < 4.78 is 5.28. The number of methoxy groups -OCH3 is 1. The van der Waals surface area contributed by atoms with Crippen molar-refractivity contribution >= 4 is 28.9 Å². The van der Waals surface area contributed by atoms with Gasteiger partial charge in [-0.3, -0.25) is 4.79 Å². The van der Waals surface area contributed by atoms with E-state index >= 15 is 0 Å². The smallest absolute Gasteiger partial charge is 0.226 e. The number of amides is 1. The fourth-order valence-corrected chi connectivity index (χ4v) is 2.39. The number of aryl methyl sites for hydroxylation is 2. The van der Waals surface area contributed by atoms with Gasteiger partial charge in [-0.15, -0.1) is 0 Å². The fourth-order valence-electron chi connectivity index (χ4n) is 2.16. The summed E-state index contributed by atoms with van der Waals surface area (Å²) >= 11 is 5.20. The van der Waals surface area contributed by atoms with Crippen molar-refractivity contribution in [2.24, 2.45) is 0 Å². The predicted octanol–water partition coefficient (Wildman–Crippen LogP) is 3.45. The molecule has 0 aliphatic heterocycles.